The predicted molar refractivity (Wildman–Crippen MR) is 89.5 cm³/mol. The summed E-state index contributed by atoms with van der Waals surface area (Å²) in [5.41, 5.74) is 4.85. The number of ether oxygens (including phenoxy) is 1. The Morgan fingerprint density at radius 2 is 2.04 bits per heavy atom. The maximum Gasteiger partial charge on any atom is 0.306 e. The normalized spacial score (nSPS) is 11.3. The molecule has 0 fully saturated rings. The van der Waals surface area contributed by atoms with Crippen LogP contribution in [0.4, 0.5) is 0 Å². The molecule has 0 saturated heterocycles. The molecule has 2 heterocycles. The molecule has 5 heteroatoms. The monoisotopic (exact) mass is 311 g/mol. The molecule has 0 aliphatic heterocycles. The summed E-state index contributed by atoms with van der Waals surface area (Å²) in [5, 5.41) is 5.68. The van der Waals surface area contributed by atoms with Gasteiger partial charge in [0.2, 0.25) is 0 Å². The van der Waals surface area contributed by atoms with Gasteiger partial charge in [0, 0.05) is 23.2 Å². The van der Waals surface area contributed by atoms with Gasteiger partial charge in [-0.1, -0.05) is 19.1 Å². The maximum atomic E-state index is 11.7. The van der Waals surface area contributed by atoms with E-state index in [-0.39, 0.29) is 5.97 Å². The Labute approximate surface area is 135 Å². The van der Waals surface area contributed by atoms with Crippen LogP contribution in [-0.4, -0.2) is 27.2 Å². The summed E-state index contributed by atoms with van der Waals surface area (Å²) in [6, 6.07) is 7.99. The Morgan fingerprint density at radius 1 is 1.26 bits per heavy atom. The van der Waals surface area contributed by atoms with Crippen LogP contribution in [0.15, 0.2) is 24.3 Å². The van der Waals surface area contributed by atoms with E-state index in [9.17, 15) is 4.79 Å². The average Bonchev–Trinajstić information content (AvgIpc) is 2.91. The summed E-state index contributed by atoms with van der Waals surface area (Å²) in [6.45, 7) is 6.49. The molecule has 0 spiro atoms. The molecule has 120 valence electrons. The van der Waals surface area contributed by atoms with Gasteiger partial charge in [-0.05, 0) is 44.4 Å². The van der Waals surface area contributed by atoms with Crippen molar-refractivity contribution >= 4 is 22.5 Å². The third-order valence-electron chi connectivity index (χ3n) is 4.06. The Morgan fingerprint density at radius 3 is 2.83 bits per heavy atom. The highest BCUT2D eigenvalue weighted by Gasteiger charge is 2.15. The first-order valence-corrected chi connectivity index (χ1v) is 8.01. The van der Waals surface area contributed by atoms with Gasteiger partial charge in [0.1, 0.15) is 0 Å². The number of aromatic nitrogens is 3. The molecule has 0 N–H and O–H groups in total. The number of fused-ring (bicyclic) bond motifs is 3. The van der Waals surface area contributed by atoms with Crippen molar-refractivity contribution < 1.29 is 9.53 Å². The van der Waals surface area contributed by atoms with Gasteiger partial charge in [0.15, 0.2) is 5.65 Å². The zero-order valence-electron chi connectivity index (χ0n) is 13.8. The number of carbonyl (C=O) groups is 1. The topological polar surface area (TPSA) is 56.5 Å². The van der Waals surface area contributed by atoms with Crippen LogP contribution in [0, 0.1) is 13.8 Å². The summed E-state index contributed by atoms with van der Waals surface area (Å²) in [4.78, 5) is 16.5. The van der Waals surface area contributed by atoms with E-state index in [1.54, 1.807) is 0 Å². The van der Waals surface area contributed by atoms with Gasteiger partial charge >= 0.3 is 5.97 Å². The van der Waals surface area contributed by atoms with Gasteiger partial charge in [-0.15, -0.1) is 0 Å². The lowest BCUT2D eigenvalue weighted by molar-refractivity contribution is -0.143. The van der Waals surface area contributed by atoms with E-state index >= 15 is 0 Å². The number of carbonyl (C=O) groups excluding carboxylic acids is 1. The maximum absolute atomic E-state index is 11.7. The van der Waals surface area contributed by atoms with Gasteiger partial charge in [-0.2, -0.15) is 5.10 Å². The molecule has 3 rings (SSSR count). The molecule has 0 aliphatic rings. The van der Waals surface area contributed by atoms with Crippen LogP contribution in [0.2, 0.25) is 0 Å². The van der Waals surface area contributed by atoms with Crippen molar-refractivity contribution in [2.45, 2.75) is 40.0 Å². The van der Waals surface area contributed by atoms with Crippen molar-refractivity contribution in [2.24, 2.45) is 0 Å². The molecule has 0 radical (unpaired) electrons. The molecule has 0 bridgehead atoms. The first-order chi connectivity index (χ1) is 11.1. The molecule has 2 aromatic heterocycles. The highest BCUT2D eigenvalue weighted by molar-refractivity contribution is 5.92. The largest absolute Gasteiger partial charge is 0.466 e. The van der Waals surface area contributed by atoms with Crippen LogP contribution in [0.5, 0.6) is 0 Å². The van der Waals surface area contributed by atoms with Crippen molar-refractivity contribution in [2.75, 3.05) is 6.61 Å². The third-order valence-corrected chi connectivity index (χ3v) is 4.06. The standard InChI is InChI=1S/C18H21N3O2/c1-4-11-23-17(22)10-9-14-12(2)19-18-15-7-5-6-8-16(15)20-21(18)13(14)3/h5-8H,4,9-11H2,1-3H3. The van der Waals surface area contributed by atoms with Crippen LogP contribution >= 0.6 is 0 Å². The number of hydrogen-bond acceptors (Lipinski definition) is 4. The fourth-order valence-electron chi connectivity index (χ4n) is 2.85. The van der Waals surface area contributed by atoms with Crippen LogP contribution in [0.1, 0.15) is 36.7 Å². The van der Waals surface area contributed by atoms with Crippen LogP contribution in [0.3, 0.4) is 0 Å². The fraction of sp³-hybridized carbons (Fsp3) is 0.389. The van der Waals surface area contributed by atoms with Gasteiger partial charge < -0.3 is 4.74 Å². The van der Waals surface area contributed by atoms with Crippen molar-refractivity contribution in [3.05, 3.63) is 41.2 Å². The van der Waals surface area contributed by atoms with Gasteiger partial charge in [-0.3, -0.25) is 4.79 Å². The minimum Gasteiger partial charge on any atom is -0.466 e. The Hall–Kier alpha value is -2.43. The second kappa shape index (κ2) is 6.36. The summed E-state index contributed by atoms with van der Waals surface area (Å²) in [5.74, 6) is -0.156. The Kier molecular flexibility index (Phi) is 4.28. The van der Waals surface area contributed by atoms with Crippen molar-refractivity contribution in [3.8, 4) is 0 Å². The van der Waals surface area contributed by atoms with E-state index in [0.717, 1.165) is 39.9 Å². The molecular formula is C18H21N3O2. The van der Waals surface area contributed by atoms with Gasteiger partial charge in [0.25, 0.3) is 0 Å². The Balaban J connectivity index is 1.95. The molecule has 0 amide bonds. The molecule has 3 aromatic rings. The van der Waals surface area contributed by atoms with Crippen molar-refractivity contribution in [1.82, 2.24) is 14.6 Å². The van der Waals surface area contributed by atoms with E-state index in [2.05, 4.69) is 5.10 Å². The van der Waals surface area contributed by atoms with Gasteiger partial charge in [-0.25, -0.2) is 9.50 Å². The highest BCUT2D eigenvalue weighted by Crippen LogP contribution is 2.22. The van der Waals surface area contributed by atoms with E-state index in [1.165, 1.54) is 0 Å². The van der Waals surface area contributed by atoms with E-state index < -0.39 is 0 Å². The molecular weight excluding hydrogens is 290 g/mol. The van der Waals surface area contributed by atoms with Crippen LogP contribution in [0.25, 0.3) is 16.6 Å². The van der Waals surface area contributed by atoms with Crippen molar-refractivity contribution in [3.63, 3.8) is 0 Å². The SMILES string of the molecule is CCCOC(=O)CCc1c(C)nc2c3ccccc3nn2c1C. The molecule has 0 saturated carbocycles. The van der Waals surface area contributed by atoms with Crippen LogP contribution in [-0.2, 0) is 16.0 Å². The van der Waals surface area contributed by atoms with E-state index in [1.807, 2.05) is 49.6 Å². The zero-order chi connectivity index (χ0) is 16.4. The molecule has 0 aliphatic carbocycles. The van der Waals surface area contributed by atoms with E-state index in [0.29, 0.717) is 19.4 Å². The number of hydrogen-bond donors (Lipinski definition) is 0. The van der Waals surface area contributed by atoms with Gasteiger partial charge in [0.05, 0.1) is 12.1 Å². The second-order valence-electron chi connectivity index (χ2n) is 5.73. The summed E-state index contributed by atoms with van der Waals surface area (Å²) < 4.78 is 7.03. The predicted octanol–water partition coefficient (Wildman–Crippen LogP) is 3.39. The first kappa shape index (κ1) is 15.5. The number of rotatable bonds is 5. The average molecular weight is 311 g/mol. The van der Waals surface area contributed by atoms with E-state index in [4.69, 9.17) is 9.72 Å². The third kappa shape index (κ3) is 2.91. The number of esters is 1. The number of benzene rings is 1. The quantitative estimate of drug-likeness (QED) is 0.678. The lowest BCUT2D eigenvalue weighted by Crippen LogP contribution is -2.10. The lowest BCUT2D eigenvalue weighted by Gasteiger charge is -2.11. The highest BCUT2D eigenvalue weighted by atomic mass is 16.5. The van der Waals surface area contributed by atoms with Crippen molar-refractivity contribution in [1.29, 1.82) is 0 Å². The molecule has 23 heavy (non-hydrogen) atoms. The number of aryl methyl sites for hydroxylation is 2. The minimum atomic E-state index is -0.156. The summed E-state index contributed by atoms with van der Waals surface area (Å²) in [7, 11) is 0. The number of nitrogens with zero attached hydrogens (tertiary/aromatic N) is 3. The first-order valence-electron chi connectivity index (χ1n) is 8.01. The Bertz CT molecular complexity index is 867. The zero-order valence-corrected chi connectivity index (χ0v) is 13.8. The molecule has 1 aromatic carbocycles. The molecule has 0 atom stereocenters. The lowest BCUT2D eigenvalue weighted by atomic mass is 10.1. The molecule has 5 nitrogen and oxygen atoms in total. The van der Waals surface area contributed by atoms with Crippen LogP contribution < -0.4 is 0 Å². The summed E-state index contributed by atoms with van der Waals surface area (Å²) >= 11 is 0. The minimum absolute atomic E-state index is 0.156. The smallest absolute Gasteiger partial charge is 0.306 e. The second-order valence-corrected chi connectivity index (χ2v) is 5.73. The summed E-state index contributed by atoms with van der Waals surface area (Å²) in [6.07, 6.45) is 1.84. The molecule has 0 unspecified atom stereocenters. The fourth-order valence-corrected chi connectivity index (χ4v) is 2.85.